The van der Waals surface area contributed by atoms with Crippen LogP contribution in [0.5, 0.6) is 0 Å². The van der Waals surface area contributed by atoms with Crippen LogP contribution in [0.4, 0.5) is 0 Å². The third-order valence-corrected chi connectivity index (χ3v) is 15.8. The summed E-state index contributed by atoms with van der Waals surface area (Å²) in [7, 11) is 0. The third kappa shape index (κ3) is 10.6. The first-order valence-corrected chi connectivity index (χ1v) is 29.8. The molecule has 0 saturated heterocycles. The minimum Gasteiger partial charge on any atom is -0.308 e. The number of hydrogen-bond donors (Lipinski definition) is 0. The van der Waals surface area contributed by atoms with Gasteiger partial charge in [-0.3, -0.25) is 0 Å². The van der Waals surface area contributed by atoms with Gasteiger partial charge in [-0.1, -0.05) is 249 Å². The third-order valence-electron chi connectivity index (χ3n) is 15.8. The normalized spacial score (nSPS) is 11.3. The average molecular weight is 1170 g/mol. The zero-order valence-corrected chi connectivity index (χ0v) is 48.6. The Bertz CT molecular complexity index is 4760. The Morgan fingerprint density at radius 1 is 0.165 bits per heavy atom. The van der Waals surface area contributed by atoms with Crippen LogP contribution < -0.4 is 0 Å². The van der Waals surface area contributed by atoms with Crippen LogP contribution in [0.3, 0.4) is 0 Å². The van der Waals surface area contributed by atoms with Crippen LogP contribution in [-0.4, -0.2) is 64.4 Å². The van der Waals surface area contributed by atoms with Crippen LogP contribution in [0.25, 0.3) is 164 Å². The van der Waals surface area contributed by atoms with E-state index in [1.165, 1.54) is 0 Å². The molecule has 13 heteroatoms. The molecule has 0 atom stereocenters. The molecule has 0 aliphatic rings. The lowest BCUT2D eigenvalue weighted by Crippen LogP contribution is -2.07. The predicted molar refractivity (Wildman–Crippen MR) is 360 cm³/mol. The summed E-state index contributed by atoms with van der Waals surface area (Å²) in [5.74, 6) is 6.14. The van der Waals surface area contributed by atoms with Crippen molar-refractivity contribution in [3.8, 4) is 142 Å². The Labute approximate surface area is 523 Å². The molecule has 0 amide bonds. The molecule has 11 aromatic carbocycles. The molecule has 0 bridgehead atoms. The van der Waals surface area contributed by atoms with Crippen molar-refractivity contribution < 1.29 is 0 Å². The van der Waals surface area contributed by atoms with Crippen LogP contribution >= 0.6 is 0 Å². The zero-order chi connectivity index (χ0) is 60.5. The van der Waals surface area contributed by atoms with Gasteiger partial charge in [0.1, 0.15) is 0 Å². The highest BCUT2D eigenvalue weighted by molar-refractivity contribution is 6.12. The van der Waals surface area contributed by atoms with Crippen LogP contribution in [0.2, 0.25) is 0 Å². The van der Waals surface area contributed by atoms with Crippen molar-refractivity contribution in [1.82, 2.24) is 64.4 Å². The average Bonchev–Trinajstić information content (AvgIpc) is 1.79. The van der Waals surface area contributed by atoms with E-state index in [4.69, 9.17) is 59.8 Å². The largest absolute Gasteiger partial charge is 0.308 e. The maximum Gasteiger partial charge on any atom is 0.166 e. The van der Waals surface area contributed by atoms with Gasteiger partial charge in [0.2, 0.25) is 0 Å². The van der Waals surface area contributed by atoms with E-state index < -0.39 is 0 Å². The fourth-order valence-corrected chi connectivity index (χ4v) is 11.4. The molecule has 0 aliphatic heterocycles. The van der Waals surface area contributed by atoms with E-state index in [-0.39, 0.29) is 0 Å². The Hall–Kier alpha value is -12.7. The molecular weight excluding hydrogens is 1120 g/mol. The molecule has 16 rings (SSSR count). The molecule has 16 aromatic rings. The van der Waals surface area contributed by atoms with Gasteiger partial charge >= 0.3 is 0 Å². The molecule has 13 nitrogen and oxygen atoms in total. The first-order chi connectivity index (χ1) is 45.1. The summed E-state index contributed by atoms with van der Waals surface area (Å²) in [5, 5.41) is 1.77. The SMILES string of the molecule is c1ccc(-c2nc(-c3ccccc3)nc(-c3ccc4c(c3)c3cc(-c5nc(-c6ccccc6)nc(-c6ccccc6)n5)ccc3n4-c3c(-c4nc(-c5ccccc5)nc(-c5ccccc5)n4)cccc3-c3nc(-c4ccccc4)nc(-c4ccccc4)n3)n2)cc1. The first kappa shape index (κ1) is 53.7. The van der Waals surface area contributed by atoms with E-state index in [9.17, 15) is 0 Å². The van der Waals surface area contributed by atoms with Crippen molar-refractivity contribution in [3.63, 3.8) is 0 Å². The second-order valence-electron chi connectivity index (χ2n) is 21.7. The van der Waals surface area contributed by atoms with Crippen molar-refractivity contribution in [1.29, 1.82) is 0 Å². The lowest BCUT2D eigenvalue weighted by atomic mass is 10.0. The van der Waals surface area contributed by atoms with Gasteiger partial charge < -0.3 is 4.57 Å². The Balaban J connectivity index is 1.01. The minimum absolute atomic E-state index is 0.438. The maximum atomic E-state index is 5.40. The summed E-state index contributed by atoms with van der Waals surface area (Å²) in [4.78, 5) is 63.0. The molecule has 0 saturated carbocycles. The summed E-state index contributed by atoms with van der Waals surface area (Å²) in [6.45, 7) is 0. The van der Waals surface area contributed by atoms with E-state index in [0.29, 0.717) is 86.7 Å². The Morgan fingerprint density at radius 2 is 0.363 bits per heavy atom. The van der Waals surface area contributed by atoms with Crippen LogP contribution in [-0.2, 0) is 0 Å². The van der Waals surface area contributed by atoms with Gasteiger partial charge in [0.15, 0.2) is 69.9 Å². The predicted octanol–water partition coefficient (Wildman–Crippen LogP) is 17.5. The highest BCUT2D eigenvalue weighted by atomic mass is 15.1. The van der Waals surface area contributed by atoms with Crippen molar-refractivity contribution in [2.24, 2.45) is 0 Å². The summed E-state index contributed by atoms with van der Waals surface area (Å²) in [6.07, 6.45) is 0. The van der Waals surface area contributed by atoms with Crippen LogP contribution in [0.15, 0.2) is 297 Å². The van der Waals surface area contributed by atoms with Gasteiger partial charge in [-0.15, -0.1) is 0 Å². The van der Waals surface area contributed by atoms with Gasteiger partial charge in [-0.2, -0.15) is 0 Å². The first-order valence-electron chi connectivity index (χ1n) is 29.8. The number of fused-ring (bicyclic) bond motifs is 3. The molecule has 0 radical (unpaired) electrons. The van der Waals surface area contributed by atoms with Crippen molar-refractivity contribution in [2.75, 3.05) is 0 Å². The van der Waals surface area contributed by atoms with E-state index >= 15 is 0 Å². The van der Waals surface area contributed by atoms with E-state index in [0.717, 1.165) is 77.4 Å². The topological polar surface area (TPSA) is 160 Å². The van der Waals surface area contributed by atoms with Crippen LogP contribution in [0, 0.1) is 0 Å². The summed E-state index contributed by atoms with van der Waals surface area (Å²) in [5.41, 5.74) is 12.1. The highest BCUT2D eigenvalue weighted by Crippen LogP contribution is 2.43. The number of hydrogen-bond acceptors (Lipinski definition) is 12. The fraction of sp³-hybridized carbons (Fsp3) is 0. The zero-order valence-electron chi connectivity index (χ0n) is 48.6. The number of para-hydroxylation sites is 1. The highest BCUT2D eigenvalue weighted by Gasteiger charge is 2.27. The Morgan fingerprint density at radius 3 is 0.582 bits per heavy atom. The lowest BCUT2D eigenvalue weighted by molar-refractivity contribution is 1.05. The second-order valence-corrected chi connectivity index (χ2v) is 21.7. The molecule has 0 aliphatic carbocycles. The van der Waals surface area contributed by atoms with E-state index in [1.54, 1.807) is 0 Å². The molecule has 91 heavy (non-hydrogen) atoms. The standard InChI is InChI=1S/C78H49N13/c1-9-26-50(27-10-1)67-79-68(51-28-11-2-12-29-51)84-75(83-67)58-44-46-64-62(48-58)63-49-59(76-85-69(52-30-13-3-14-31-52)80-70(86-76)53-32-15-4-16-33-53)45-47-65(63)91(64)66-60(77-87-71(54-34-17-5-18-35-54)81-72(88-77)55-36-19-6-20-37-55)42-25-43-61(66)78-89-73(56-38-21-7-22-39-56)82-74(90-78)57-40-23-8-24-41-57/h1-49H. The second kappa shape index (κ2) is 23.5. The quantitative estimate of drug-likeness (QED) is 0.108. The smallest absolute Gasteiger partial charge is 0.166 e. The minimum atomic E-state index is 0.438. The van der Waals surface area contributed by atoms with Crippen molar-refractivity contribution >= 4 is 21.8 Å². The van der Waals surface area contributed by atoms with Gasteiger partial charge in [-0.25, -0.2) is 59.8 Å². The molecule has 0 spiro atoms. The summed E-state index contributed by atoms with van der Waals surface area (Å²) >= 11 is 0. The van der Waals surface area contributed by atoms with Crippen LogP contribution in [0.1, 0.15) is 0 Å². The van der Waals surface area contributed by atoms with Gasteiger partial charge in [0.05, 0.1) is 16.7 Å². The van der Waals surface area contributed by atoms with Gasteiger partial charge in [-0.05, 0) is 48.5 Å². The van der Waals surface area contributed by atoms with E-state index in [1.807, 2.05) is 249 Å². The van der Waals surface area contributed by atoms with Gasteiger partial charge in [0, 0.05) is 77.5 Å². The fourth-order valence-electron chi connectivity index (χ4n) is 11.4. The van der Waals surface area contributed by atoms with E-state index in [2.05, 4.69) is 53.1 Å². The molecular formula is C78H49N13. The van der Waals surface area contributed by atoms with Gasteiger partial charge in [0.25, 0.3) is 0 Å². The Kier molecular flexibility index (Phi) is 13.9. The van der Waals surface area contributed by atoms with Crippen molar-refractivity contribution in [3.05, 3.63) is 297 Å². The molecule has 5 heterocycles. The molecule has 0 unspecified atom stereocenters. The number of benzene rings is 11. The molecule has 0 N–H and O–H groups in total. The molecule has 0 fully saturated rings. The summed E-state index contributed by atoms with van der Waals surface area (Å²) in [6, 6.07) is 99.0. The molecule has 5 aromatic heterocycles. The van der Waals surface area contributed by atoms with Crippen molar-refractivity contribution in [2.45, 2.75) is 0 Å². The number of nitrogens with zero attached hydrogens (tertiary/aromatic N) is 13. The monoisotopic (exact) mass is 1170 g/mol. The molecule has 426 valence electrons. The summed E-state index contributed by atoms with van der Waals surface area (Å²) < 4.78 is 2.28. The lowest BCUT2D eigenvalue weighted by Gasteiger charge is -2.19. The number of rotatable bonds is 13. The number of aromatic nitrogens is 13. The maximum absolute atomic E-state index is 5.40.